The van der Waals surface area contributed by atoms with E-state index in [4.69, 9.17) is 9.26 Å². The first-order chi connectivity index (χ1) is 11.9. The van der Waals surface area contributed by atoms with E-state index in [1.807, 2.05) is 20.8 Å². The summed E-state index contributed by atoms with van der Waals surface area (Å²) in [7, 11) is 0. The number of rotatable bonds is 4. The summed E-state index contributed by atoms with van der Waals surface area (Å²) in [5, 5.41) is 3.94. The van der Waals surface area contributed by atoms with Crippen molar-refractivity contribution in [2.45, 2.75) is 59.5 Å². The summed E-state index contributed by atoms with van der Waals surface area (Å²) >= 11 is 0. The van der Waals surface area contributed by atoms with E-state index in [9.17, 15) is 4.79 Å². The second-order valence-corrected chi connectivity index (χ2v) is 6.81. The molecule has 6 heteroatoms. The number of aromatic nitrogens is 2. The fourth-order valence-corrected chi connectivity index (χ4v) is 3.58. The van der Waals surface area contributed by atoms with Crippen LogP contribution in [0.15, 0.2) is 16.7 Å². The maximum absolute atomic E-state index is 11.3. The number of likely N-dealkylation sites (tertiary alicyclic amines) is 1. The van der Waals surface area contributed by atoms with Crippen LogP contribution in [0.4, 0.5) is 0 Å². The molecule has 0 aliphatic carbocycles. The smallest absolute Gasteiger partial charge is 0.308 e. The summed E-state index contributed by atoms with van der Waals surface area (Å²) in [5.41, 5.74) is 3.16. The minimum atomic E-state index is -0.290. The highest BCUT2D eigenvalue weighted by Crippen LogP contribution is 2.32. The van der Waals surface area contributed by atoms with Crippen LogP contribution in [0.3, 0.4) is 0 Å². The van der Waals surface area contributed by atoms with Gasteiger partial charge in [-0.2, -0.15) is 4.98 Å². The number of piperidine rings is 1. The average Bonchev–Trinajstić information content (AvgIpc) is 2.98. The molecule has 0 unspecified atom stereocenters. The molecule has 1 atom stereocenters. The first-order valence-electron chi connectivity index (χ1n) is 8.77. The molecular weight excluding hydrogens is 318 g/mol. The van der Waals surface area contributed by atoms with Crippen LogP contribution in [0.2, 0.25) is 0 Å². The van der Waals surface area contributed by atoms with Gasteiger partial charge in [-0.3, -0.25) is 9.69 Å². The summed E-state index contributed by atoms with van der Waals surface area (Å²) in [6.45, 7) is 9.05. The van der Waals surface area contributed by atoms with Gasteiger partial charge in [-0.05, 0) is 56.8 Å². The number of esters is 1. The van der Waals surface area contributed by atoms with Gasteiger partial charge in [0.25, 0.3) is 0 Å². The van der Waals surface area contributed by atoms with Crippen LogP contribution < -0.4 is 4.74 Å². The van der Waals surface area contributed by atoms with Crippen molar-refractivity contribution in [1.82, 2.24) is 15.0 Å². The van der Waals surface area contributed by atoms with Gasteiger partial charge in [0.1, 0.15) is 5.75 Å². The van der Waals surface area contributed by atoms with E-state index in [1.165, 1.54) is 25.3 Å². The molecule has 2 aromatic rings. The lowest BCUT2D eigenvalue weighted by Gasteiger charge is -2.33. The molecule has 0 amide bonds. The van der Waals surface area contributed by atoms with Crippen molar-refractivity contribution >= 4 is 5.97 Å². The summed E-state index contributed by atoms with van der Waals surface area (Å²) < 4.78 is 10.7. The van der Waals surface area contributed by atoms with Gasteiger partial charge in [-0.1, -0.05) is 23.7 Å². The number of hydrogen-bond acceptors (Lipinski definition) is 6. The molecule has 1 aromatic heterocycles. The van der Waals surface area contributed by atoms with E-state index in [1.54, 1.807) is 0 Å². The van der Waals surface area contributed by atoms with Crippen molar-refractivity contribution < 1.29 is 14.1 Å². The molecular formula is C19H25N3O3. The lowest BCUT2D eigenvalue weighted by molar-refractivity contribution is -0.131. The molecule has 1 saturated heterocycles. The lowest BCUT2D eigenvalue weighted by atomic mass is 9.99. The number of aryl methyl sites for hydroxylation is 3. The Bertz CT molecular complexity index is 746. The van der Waals surface area contributed by atoms with Crippen LogP contribution >= 0.6 is 0 Å². The molecule has 1 aliphatic rings. The Hall–Kier alpha value is -2.21. The molecule has 2 heterocycles. The molecule has 1 aliphatic heterocycles. The summed E-state index contributed by atoms with van der Waals surface area (Å²) in [4.78, 5) is 18.1. The predicted molar refractivity (Wildman–Crippen MR) is 93.3 cm³/mol. The number of carbonyl (C=O) groups is 1. The van der Waals surface area contributed by atoms with Crippen LogP contribution in [0.5, 0.6) is 5.75 Å². The molecule has 0 radical (unpaired) electrons. The van der Waals surface area contributed by atoms with Crippen LogP contribution in [-0.4, -0.2) is 27.6 Å². The predicted octanol–water partition coefficient (Wildman–Crippen LogP) is 3.65. The number of ether oxygens (including phenoxy) is 1. The van der Waals surface area contributed by atoms with E-state index in [0.29, 0.717) is 17.5 Å². The monoisotopic (exact) mass is 343 g/mol. The fourth-order valence-electron chi connectivity index (χ4n) is 3.58. The van der Waals surface area contributed by atoms with Crippen LogP contribution in [0.25, 0.3) is 0 Å². The van der Waals surface area contributed by atoms with E-state index in [2.05, 4.69) is 27.2 Å². The molecule has 25 heavy (non-hydrogen) atoms. The van der Waals surface area contributed by atoms with Gasteiger partial charge in [-0.25, -0.2) is 0 Å². The van der Waals surface area contributed by atoms with E-state index >= 15 is 0 Å². The van der Waals surface area contributed by atoms with Crippen molar-refractivity contribution in [3.8, 4) is 5.75 Å². The zero-order valence-corrected chi connectivity index (χ0v) is 15.3. The maximum Gasteiger partial charge on any atom is 0.308 e. The van der Waals surface area contributed by atoms with Crippen LogP contribution in [-0.2, 0) is 11.3 Å². The maximum atomic E-state index is 11.3. The van der Waals surface area contributed by atoms with Gasteiger partial charge >= 0.3 is 5.97 Å². The normalized spacial score (nSPS) is 18.3. The summed E-state index contributed by atoms with van der Waals surface area (Å²) in [6.07, 6.45) is 3.38. The molecule has 6 nitrogen and oxygen atoms in total. The Morgan fingerprint density at radius 1 is 1.28 bits per heavy atom. The van der Waals surface area contributed by atoms with Gasteiger partial charge in [-0.15, -0.1) is 0 Å². The zero-order valence-electron chi connectivity index (χ0n) is 15.3. The van der Waals surface area contributed by atoms with Crippen molar-refractivity contribution in [2.24, 2.45) is 0 Å². The van der Waals surface area contributed by atoms with Gasteiger partial charge in [0, 0.05) is 13.5 Å². The van der Waals surface area contributed by atoms with Crippen molar-refractivity contribution in [3.63, 3.8) is 0 Å². The third-order valence-corrected chi connectivity index (χ3v) is 4.59. The summed E-state index contributed by atoms with van der Waals surface area (Å²) in [6, 6.07) is 4.36. The molecule has 1 aromatic carbocycles. The molecule has 0 bridgehead atoms. The molecule has 134 valence electrons. The van der Waals surface area contributed by atoms with Crippen molar-refractivity contribution in [1.29, 1.82) is 0 Å². The zero-order chi connectivity index (χ0) is 18.0. The largest absolute Gasteiger partial charge is 0.426 e. The van der Waals surface area contributed by atoms with Gasteiger partial charge in [0.15, 0.2) is 5.82 Å². The van der Waals surface area contributed by atoms with Crippen molar-refractivity contribution in [2.75, 3.05) is 6.54 Å². The Morgan fingerprint density at radius 3 is 2.60 bits per heavy atom. The van der Waals surface area contributed by atoms with Crippen LogP contribution in [0, 0.1) is 20.8 Å². The fraction of sp³-hybridized carbons (Fsp3) is 0.526. The quantitative estimate of drug-likeness (QED) is 0.623. The van der Waals surface area contributed by atoms with Crippen molar-refractivity contribution in [3.05, 3.63) is 40.5 Å². The number of hydrogen-bond donors (Lipinski definition) is 0. The third-order valence-electron chi connectivity index (χ3n) is 4.59. The van der Waals surface area contributed by atoms with E-state index in [0.717, 1.165) is 30.6 Å². The number of nitrogens with zero attached hydrogens (tertiary/aromatic N) is 3. The topological polar surface area (TPSA) is 68.5 Å². The second-order valence-electron chi connectivity index (χ2n) is 6.81. The minimum absolute atomic E-state index is 0.170. The number of benzene rings is 1. The average molecular weight is 343 g/mol. The minimum Gasteiger partial charge on any atom is -0.426 e. The Balaban J connectivity index is 1.81. The third kappa shape index (κ3) is 4.07. The van der Waals surface area contributed by atoms with E-state index in [-0.39, 0.29) is 12.0 Å². The second kappa shape index (κ2) is 7.35. The van der Waals surface area contributed by atoms with Gasteiger partial charge in [0.2, 0.25) is 5.89 Å². The Morgan fingerprint density at radius 2 is 2.00 bits per heavy atom. The van der Waals surface area contributed by atoms with Gasteiger partial charge < -0.3 is 9.26 Å². The number of carbonyl (C=O) groups excluding carboxylic acids is 1. The molecule has 3 rings (SSSR count). The Labute approximate surface area is 148 Å². The lowest BCUT2D eigenvalue weighted by Crippen LogP contribution is -2.33. The SMILES string of the molecule is CC(=O)Oc1c(C)cc(CN2CCCC[C@@H]2c2nc(C)no2)cc1C. The highest BCUT2D eigenvalue weighted by Gasteiger charge is 2.28. The standard InChI is InChI=1S/C19H25N3O3/c1-12-9-16(10-13(2)18(12)24-15(4)23)11-22-8-6-5-7-17(22)19-20-14(3)21-25-19/h9-10,17H,5-8,11H2,1-4H3/t17-/m1/s1. The highest BCUT2D eigenvalue weighted by atomic mass is 16.5. The molecule has 0 N–H and O–H groups in total. The van der Waals surface area contributed by atoms with Gasteiger partial charge in [0.05, 0.1) is 6.04 Å². The molecule has 0 saturated carbocycles. The Kier molecular flexibility index (Phi) is 5.18. The summed E-state index contributed by atoms with van der Waals surface area (Å²) in [5.74, 6) is 1.76. The first-order valence-corrected chi connectivity index (χ1v) is 8.77. The highest BCUT2D eigenvalue weighted by molar-refractivity contribution is 5.70. The molecule has 0 spiro atoms. The molecule has 1 fully saturated rings. The first kappa shape index (κ1) is 17.6. The van der Waals surface area contributed by atoms with E-state index < -0.39 is 0 Å². The van der Waals surface area contributed by atoms with Crippen LogP contribution in [0.1, 0.15) is 60.6 Å².